The van der Waals surface area contributed by atoms with Crippen molar-refractivity contribution in [2.45, 2.75) is 24.9 Å². The molecule has 0 aromatic heterocycles. The van der Waals surface area contributed by atoms with Crippen LogP contribution in [-0.2, 0) is 15.1 Å². The van der Waals surface area contributed by atoms with E-state index in [1.54, 1.807) is 6.08 Å². The van der Waals surface area contributed by atoms with Crippen molar-refractivity contribution in [2.24, 2.45) is 0 Å². The lowest BCUT2D eigenvalue weighted by atomic mass is 9.74. The monoisotopic (exact) mass is 382 g/mol. The van der Waals surface area contributed by atoms with Gasteiger partial charge in [-0.2, -0.15) is 0 Å². The molecule has 0 radical (unpaired) electrons. The van der Waals surface area contributed by atoms with E-state index in [0.717, 1.165) is 16.7 Å². The molecular formula is C26H22O3. The Kier molecular flexibility index (Phi) is 5.13. The van der Waals surface area contributed by atoms with Gasteiger partial charge in [0.05, 0.1) is 0 Å². The molecular weight excluding hydrogens is 360 g/mol. The van der Waals surface area contributed by atoms with Crippen LogP contribution in [0, 0.1) is 6.92 Å². The minimum atomic E-state index is -1.02. The summed E-state index contributed by atoms with van der Waals surface area (Å²) in [5.74, 6) is -0.720. The van der Waals surface area contributed by atoms with Crippen molar-refractivity contribution in [1.82, 2.24) is 0 Å². The fourth-order valence-corrected chi connectivity index (χ4v) is 3.91. The Bertz CT molecular complexity index is 1040. The first-order valence-corrected chi connectivity index (χ1v) is 9.71. The van der Waals surface area contributed by atoms with Gasteiger partial charge in [0.25, 0.3) is 0 Å². The van der Waals surface area contributed by atoms with Gasteiger partial charge in [0.15, 0.2) is 11.4 Å². The first-order valence-electron chi connectivity index (χ1n) is 9.71. The van der Waals surface area contributed by atoms with Gasteiger partial charge in [-0.05, 0) is 18.6 Å². The number of cyclic esters (lactones) is 1. The van der Waals surface area contributed by atoms with Crippen molar-refractivity contribution in [3.8, 4) is 0 Å². The lowest BCUT2D eigenvalue weighted by molar-refractivity contribution is -0.148. The van der Waals surface area contributed by atoms with E-state index in [-0.39, 0.29) is 18.1 Å². The van der Waals surface area contributed by atoms with Gasteiger partial charge in [0, 0.05) is 29.5 Å². The third kappa shape index (κ3) is 3.77. The molecule has 3 aromatic rings. The van der Waals surface area contributed by atoms with Gasteiger partial charge in [-0.1, -0.05) is 90.5 Å². The first kappa shape index (κ1) is 18.9. The summed E-state index contributed by atoms with van der Waals surface area (Å²) in [6, 6.07) is 27.0. The molecule has 3 aromatic carbocycles. The molecule has 0 N–H and O–H groups in total. The number of hydrogen-bond donors (Lipinski definition) is 0. The topological polar surface area (TPSA) is 43.4 Å². The van der Waals surface area contributed by atoms with Crippen molar-refractivity contribution in [2.75, 3.05) is 0 Å². The molecule has 0 saturated heterocycles. The molecule has 2 atom stereocenters. The molecule has 1 aliphatic rings. The van der Waals surface area contributed by atoms with Crippen LogP contribution in [0.4, 0.5) is 0 Å². The van der Waals surface area contributed by atoms with Crippen LogP contribution in [0.25, 0.3) is 0 Å². The van der Waals surface area contributed by atoms with E-state index in [0.29, 0.717) is 5.56 Å². The molecule has 3 nitrogen and oxygen atoms in total. The largest absolute Gasteiger partial charge is 0.446 e. The van der Waals surface area contributed by atoms with Crippen LogP contribution in [0.2, 0.25) is 0 Å². The Labute approximate surface area is 170 Å². The highest BCUT2D eigenvalue weighted by Gasteiger charge is 2.46. The summed E-state index contributed by atoms with van der Waals surface area (Å²) >= 11 is 0. The molecule has 144 valence electrons. The third-order valence-electron chi connectivity index (χ3n) is 5.44. The number of carbonyl (C=O) groups excluding carboxylic acids is 2. The maximum absolute atomic E-state index is 13.1. The lowest BCUT2D eigenvalue weighted by Crippen LogP contribution is -2.35. The van der Waals surface area contributed by atoms with Gasteiger partial charge in [-0.15, -0.1) is 0 Å². The number of ketones is 1. The van der Waals surface area contributed by atoms with Gasteiger partial charge in [0.1, 0.15) is 0 Å². The predicted molar refractivity (Wildman–Crippen MR) is 113 cm³/mol. The van der Waals surface area contributed by atoms with E-state index in [1.807, 2.05) is 91.9 Å². The zero-order valence-electron chi connectivity index (χ0n) is 16.2. The van der Waals surface area contributed by atoms with E-state index < -0.39 is 11.6 Å². The number of rotatable bonds is 6. The quantitative estimate of drug-likeness (QED) is 0.426. The summed E-state index contributed by atoms with van der Waals surface area (Å²) in [7, 11) is 0. The molecule has 1 heterocycles. The van der Waals surface area contributed by atoms with E-state index in [4.69, 9.17) is 4.74 Å². The Morgan fingerprint density at radius 2 is 1.52 bits per heavy atom. The van der Waals surface area contributed by atoms with Crippen LogP contribution < -0.4 is 0 Å². The zero-order chi connectivity index (χ0) is 20.3. The van der Waals surface area contributed by atoms with E-state index in [1.165, 1.54) is 6.08 Å². The second-order valence-electron chi connectivity index (χ2n) is 7.37. The third-order valence-corrected chi connectivity index (χ3v) is 5.44. The van der Waals surface area contributed by atoms with Gasteiger partial charge in [0.2, 0.25) is 0 Å². The predicted octanol–water partition coefficient (Wildman–Crippen LogP) is 5.36. The number of hydrogen-bond acceptors (Lipinski definition) is 3. The molecule has 0 unspecified atom stereocenters. The van der Waals surface area contributed by atoms with Crippen LogP contribution in [0.15, 0.2) is 97.1 Å². The number of aryl methyl sites for hydroxylation is 1. The minimum absolute atomic E-state index is 0.0160. The number of Topliss-reactive ketones (excluding diaryl/α,β-unsaturated/α-hetero) is 1. The summed E-state index contributed by atoms with van der Waals surface area (Å²) in [4.78, 5) is 25.3. The summed E-state index contributed by atoms with van der Waals surface area (Å²) in [6.07, 6.45) is 3.48. The second kappa shape index (κ2) is 7.88. The standard InChI is InChI=1S/C26H22O3/c1-19-12-14-22(15-13-19)26(17-16-25(28)29-26)23(20-8-4-2-5-9-20)18-24(27)21-10-6-3-7-11-21/h2-17,23H,18H2,1H3/t23-,26-/m0/s1. The number of carbonyl (C=O) groups is 2. The fourth-order valence-electron chi connectivity index (χ4n) is 3.91. The van der Waals surface area contributed by atoms with E-state index >= 15 is 0 Å². The van der Waals surface area contributed by atoms with E-state index in [9.17, 15) is 9.59 Å². The SMILES string of the molecule is Cc1ccc([C@]2([C@@H](CC(=O)c3ccccc3)c3ccccc3)C=CC(=O)O2)cc1. The highest BCUT2D eigenvalue weighted by molar-refractivity contribution is 5.97. The summed E-state index contributed by atoms with van der Waals surface area (Å²) in [6.45, 7) is 2.01. The molecule has 0 bridgehead atoms. The molecule has 0 saturated carbocycles. The van der Waals surface area contributed by atoms with Crippen molar-refractivity contribution in [1.29, 1.82) is 0 Å². The molecule has 1 aliphatic heterocycles. The normalized spacial score (nSPS) is 19.0. The van der Waals surface area contributed by atoms with Gasteiger partial charge in [-0.25, -0.2) is 4.79 Å². The maximum atomic E-state index is 13.1. The van der Waals surface area contributed by atoms with Crippen molar-refractivity contribution in [3.63, 3.8) is 0 Å². The average Bonchev–Trinajstić information content (AvgIpc) is 3.16. The Morgan fingerprint density at radius 3 is 2.10 bits per heavy atom. The summed E-state index contributed by atoms with van der Waals surface area (Å²) in [5, 5.41) is 0. The van der Waals surface area contributed by atoms with Gasteiger partial charge >= 0.3 is 5.97 Å². The summed E-state index contributed by atoms with van der Waals surface area (Å²) in [5.41, 5.74) is 2.57. The van der Waals surface area contributed by atoms with Gasteiger partial charge < -0.3 is 4.74 Å². The number of esters is 1. The van der Waals surface area contributed by atoms with Gasteiger partial charge in [-0.3, -0.25) is 4.79 Å². The molecule has 29 heavy (non-hydrogen) atoms. The summed E-state index contributed by atoms with van der Waals surface area (Å²) < 4.78 is 5.93. The first-order chi connectivity index (χ1) is 14.1. The lowest BCUT2D eigenvalue weighted by Gasteiger charge is -2.36. The maximum Gasteiger partial charge on any atom is 0.331 e. The Hall–Kier alpha value is -3.46. The van der Waals surface area contributed by atoms with E-state index in [2.05, 4.69) is 0 Å². The number of ether oxygens (including phenoxy) is 1. The van der Waals surface area contributed by atoms with Crippen LogP contribution in [-0.4, -0.2) is 11.8 Å². The Morgan fingerprint density at radius 1 is 0.897 bits per heavy atom. The molecule has 3 heteroatoms. The van der Waals surface area contributed by atoms with Crippen LogP contribution >= 0.6 is 0 Å². The highest BCUT2D eigenvalue weighted by atomic mass is 16.6. The fraction of sp³-hybridized carbons (Fsp3) is 0.154. The minimum Gasteiger partial charge on any atom is -0.446 e. The molecule has 0 fully saturated rings. The molecule has 0 spiro atoms. The second-order valence-corrected chi connectivity index (χ2v) is 7.37. The van der Waals surface area contributed by atoms with Crippen LogP contribution in [0.1, 0.15) is 39.4 Å². The van der Waals surface area contributed by atoms with Crippen LogP contribution in [0.3, 0.4) is 0 Å². The number of benzene rings is 3. The highest BCUT2D eigenvalue weighted by Crippen LogP contribution is 2.46. The Balaban J connectivity index is 1.81. The van der Waals surface area contributed by atoms with Crippen molar-refractivity contribution in [3.05, 3.63) is 119 Å². The smallest absolute Gasteiger partial charge is 0.331 e. The van der Waals surface area contributed by atoms with Crippen molar-refractivity contribution < 1.29 is 14.3 Å². The molecule has 4 rings (SSSR count). The van der Waals surface area contributed by atoms with Crippen molar-refractivity contribution >= 4 is 11.8 Å². The molecule has 0 amide bonds. The zero-order valence-corrected chi connectivity index (χ0v) is 16.2. The average molecular weight is 382 g/mol. The van der Waals surface area contributed by atoms with Crippen LogP contribution in [0.5, 0.6) is 0 Å². The molecule has 0 aliphatic carbocycles.